The van der Waals surface area contributed by atoms with Gasteiger partial charge in [0, 0.05) is 68.6 Å². The monoisotopic (exact) mass is 516 g/mol. The van der Waals surface area contributed by atoms with Crippen LogP contribution >= 0.6 is 0 Å². The number of hydrogen-bond acceptors (Lipinski definition) is 6. The van der Waals surface area contributed by atoms with Gasteiger partial charge in [-0.3, -0.25) is 19.5 Å². The number of carbonyl (C=O) groups is 2. The summed E-state index contributed by atoms with van der Waals surface area (Å²) in [5, 5.41) is 10.3. The van der Waals surface area contributed by atoms with E-state index < -0.39 is 5.91 Å². The standard InChI is InChI=1S/C30H36N4O4/c1-5-21-8-7-9-22(6-2)29(21)26-17-28(38-23-10-11-24(30(31)37)27(36)16-23)25(19(3)32-26)18-33-12-14-34(15-13-33)20(4)35/h7-11,16-17,36H,5-6,12-15,18H2,1-4H3,(H2,31,37). The van der Waals surface area contributed by atoms with E-state index in [-0.39, 0.29) is 17.2 Å². The van der Waals surface area contributed by atoms with Gasteiger partial charge in [-0.15, -0.1) is 0 Å². The number of phenols is 1. The number of nitrogens with two attached hydrogens (primary N) is 1. The Labute approximate surface area is 224 Å². The molecule has 0 radical (unpaired) electrons. The largest absolute Gasteiger partial charge is 0.507 e. The van der Waals surface area contributed by atoms with Gasteiger partial charge in [-0.1, -0.05) is 32.0 Å². The van der Waals surface area contributed by atoms with Crippen LogP contribution in [0.1, 0.15) is 53.5 Å². The number of primary amides is 1. The number of aromatic nitrogens is 1. The maximum atomic E-state index is 11.8. The Bertz CT molecular complexity index is 1320. The highest BCUT2D eigenvalue weighted by Gasteiger charge is 2.23. The molecule has 2 aromatic carbocycles. The molecular weight excluding hydrogens is 480 g/mol. The minimum atomic E-state index is -0.704. The van der Waals surface area contributed by atoms with Crippen molar-refractivity contribution in [2.45, 2.75) is 47.1 Å². The van der Waals surface area contributed by atoms with Crippen LogP contribution in [0.2, 0.25) is 0 Å². The van der Waals surface area contributed by atoms with Crippen molar-refractivity contribution >= 4 is 11.8 Å². The van der Waals surface area contributed by atoms with E-state index in [1.165, 1.54) is 23.3 Å². The topological polar surface area (TPSA) is 109 Å². The lowest BCUT2D eigenvalue weighted by Crippen LogP contribution is -2.47. The molecule has 1 aromatic heterocycles. The predicted octanol–water partition coefficient (Wildman–Crippen LogP) is 4.44. The van der Waals surface area contributed by atoms with Crippen molar-refractivity contribution in [3.05, 3.63) is 70.4 Å². The second-order valence-electron chi connectivity index (χ2n) is 9.66. The zero-order chi connectivity index (χ0) is 27.4. The van der Waals surface area contributed by atoms with Crippen molar-refractivity contribution in [3.63, 3.8) is 0 Å². The lowest BCUT2D eigenvalue weighted by atomic mass is 9.94. The Balaban J connectivity index is 1.76. The summed E-state index contributed by atoms with van der Waals surface area (Å²) in [6, 6.07) is 12.8. The predicted molar refractivity (Wildman–Crippen MR) is 147 cm³/mol. The highest BCUT2D eigenvalue weighted by Crippen LogP contribution is 2.36. The molecule has 1 aliphatic heterocycles. The lowest BCUT2D eigenvalue weighted by molar-refractivity contribution is -0.130. The molecule has 3 N–H and O–H groups in total. The molecule has 2 heterocycles. The summed E-state index contributed by atoms with van der Waals surface area (Å²) < 4.78 is 6.37. The van der Waals surface area contributed by atoms with Crippen LogP contribution in [0.25, 0.3) is 11.3 Å². The average Bonchev–Trinajstić information content (AvgIpc) is 2.90. The third-order valence-electron chi connectivity index (χ3n) is 7.21. The van der Waals surface area contributed by atoms with Gasteiger partial charge in [0.25, 0.3) is 5.91 Å². The van der Waals surface area contributed by atoms with Crippen molar-refractivity contribution in [3.8, 4) is 28.5 Å². The molecule has 1 fully saturated rings. The van der Waals surface area contributed by atoms with E-state index in [2.05, 4.69) is 36.9 Å². The third kappa shape index (κ3) is 5.81. The van der Waals surface area contributed by atoms with E-state index in [0.717, 1.165) is 48.4 Å². The second-order valence-corrected chi connectivity index (χ2v) is 9.66. The molecule has 0 atom stereocenters. The van der Waals surface area contributed by atoms with Crippen LogP contribution in [-0.4, -0.2) is 57.9 Å². The van der Waals surface area contributed by atoms with E-state index >= 15 is 0 Å². The van der Waals surface area contributed by atoms with Gasteiger partial charge < -0.3 is 20.5 Å². The summed E-state index contributed by atoms with van der Waals surface area (Å²) in [6.45, 7) is 11.4. The Kier molecular flexibility index (Phi) is 8.32. The summed E-state index contributed by atoms with van der Waals surface area (Å²) in [7, 11) is 0. The summed E-state index contributed by atoms with van der Waals surface area (Å²) in [6.07, 6.45) is 1.76. The molecular formula is C30H36N4O4. The SMILES string of the molecule is CCc1cccc(CC)c1-c1cc(Oc2ccc(C(N)=O)c(O)c2)c(CN2CCN(C(C)=O)CC2)c(C)n1. The van der Waals surface area contributed by atoms with Gasteiger partial charge in [0.2, 0.25) is 5.91 Å². The summed E-state index contributed by atoms with van der Waals surface area (Å²) >= 11 is 0. The number of aromatic hydroxyl groups is 1. The number of ether oxygens (including phenoxy) is 1. The van der Waals surface area contributed by atoms with Gasteiger partial charge in [-0.05, 0) is 43.0 Å². The van der Waals surface area contributed by atoms with Gasteiger partial charge in [-0.2, -0.15) is 0 Å². The molecule has 1 saturated heterocycles. The van der Waals surface area contributed by atoms with E-state index in [0.29, 0.717) is 31.1 Å². The molecule has 0 spiro atoms. The molecule has 200 valence electrons. The number of rotatable bonds is 8. The fourth-order valence-corrected chi connectivity index (χ4v) is 5.01. The number of amides is 2. The number of hydrogen-bond donors (Lipinski definition) is 2. The minimum absolute atomic E-state index is 0.0389. The van der Waals surface area contributed by atoms with E-state index in [1.807, 2.05) is 17.9 Å². The molecule has 3 aromatic rings. The van der Waals surface area contributed by atoms with E-state index in [1.54, 1.807) is 13.0 Å². The first-order valence-corrected chi connectivity index (χ1v) is 13.1. The average molecular weight is 517 g/mol. The molecule has 0 bridgehead atoms. The number of aryl methyl sites for hydroxylation is 3. The van der Waals surface area contributed by atoms with Crippen LogP contribution in [0.15, 0.2) is 42.5 Å². The van der Waals surface area contributed by atoms with Gasteiger partial charge in [0.15, 0.2) is 0 Å². The lowest BCUT2D eigenvalue weighted by Gasteiger charge is -2.34. The molecule has 2 amide bonds. The van der Waals surface area contributed by atoms with Gasteiger partial charge in [0.1, 0.15) is 17.2 Å². The molecule has 4 rings (SSSR count). The zero-order valence-corrected chi connectivity index (χ0v) is 22.6. The van der Waals surface area contributed by atoms with Crippen molar-refractivity contribution in [1.82, 2.24) is 14.8 Å². The third-order valence-corrected chi connectivity index (χ3v) is 7.21. The fourth-order valence-electron chi connectivity index (χ4n) is 5.01. The van der Waals surface area contributed by atoms with Crippen LogP contribution in [0.4, 0.5) is 0 Å². The molecule has 8 heteroatoms. The molecule has 0 aliphatic carbocycles. The Morgan fingerprint density at radius 2 is 1.68 bits per heavy atom. The second kappa shape index (κ2) is 11.6. The number of benzene rings is 2. The normalized spacial score (nSPS) is 13.9. The van der Waals surface area contributed by atoms with Gasteiger partial charge >= 0.3 is 0 Å². The fraction of sp³-hybridized carbons (Fsp3) is 0.367. The van der Waals surface area contributed by atoms with Crippen molar-refractivity contribution in [2.75, 3.05) is 26.2 Å². The highest BCUT2D eigenvalue weighted by molar-refractivity contribution is 5.95. The quantitative estimate of drug-likeness (QED) is 0.458. The number of nitrogens with zero attached hydrogens (tertiary/aromatic N) is 3. The number of piperazine rings is 1. The summed E-state index contributed by atoms with van der Waals surface area (Å²) in [4.78, 5) is 32.6. The van der Waals surface area contributed by atoms with Crippen molar-refractivity contribution < 1.29 is 19.4 Å². The first kappa shape index (κ1) is 27.1. The zero-order valence-electron chi connectivity index (χ0n) is 22.6. The Morgan fingerprint density at radius 3 is 2.24 bits per heavy atom. The van der Waals surface area contributed by atoms with Crippen molar-refractivity contribution in [2.24, 2.45) is 5.73 Å². The maximum Gasteiger partial charge on any atom is 0.252 e. The van der Waals surface area contributed by atoms with Crippen molar-refractivity contribution in [1.29, 1.82) is 0 Å². The smallest absolute Gasteiger partial charge is 0.252 e. The molecule has 1 aliphatic rings. The Morgan fingerprint density at radius 1 is 1.03 bits per heavy atom. The summed E-state index contributed by atoms with van der Waals surface area (Å²) in [5.74, 6) is 0.195. The van der Waals surface area contributed by atoms with Crippen LogP contribution in [0, 0.1) is 6.92 Å². The van der Waals surface area contributed by atoms with Gasteiger partial charge in [-0.25, -0.2) is 0 Å². The summed E-state index contributed by atoms with van der Waals surface area (Å²) in [5.41, 5.74) is 11.6. The first-order chi connectivity index (χ1) is 18.2. The molecule has 38 heavy (non-hydrogen) atoms. The molecule has 0 unspecified atom stereocenters. The minimum Gasteiger partial charge on any atom is -0.507 e. The van der Waals surface area contributed by atoms with E-state index in [4.69, 9.17) is 15.5 Å². The number of pyridine rings is 1. The van der Waals surface area contributed by atoms with Gasteiger partial charge in [0.05, 0.1) is 11.3 Å². The van der Waals surface area contributed by atoms with Crippen LogP contribution < -0.4 is 10.5 Å². The number of carbonyl (C=O) groups excluding carboxylic acids is 2. The molecule has 0 saturated carbocycles. The maximum absolute atomic E-state index is 11.8. The van der Waals surface area contributed by atoms with Crippen LogP contribution in [0.5, 0.6) is 17.2 Å². The Hall–Kier alpha value is -3.91. The van der Waals surface area contributed by atoms with E-state index in [9.17, 15) is 14.7 Å². The highest BCUT2D eigenvalue weighted by atomic mass is 16.5. The van der Waals surface area contributed by atoms with Crippen LogP contribution in [0.3, 0.4) is 0 Å². The van der Waals surface area contributed by atoms with Crippen LogP contribution in [-0.2, 0) is 24.2 Å². The first-order valence-electron chi connectivity index (χ1n) is 13.1. The molecule has 8 nitrogen and oxygen atoms in total.